The molecule has 5 aromatic rings. The lowest BCUT2D eigenvalue weighted by atomic mass is 9.76. The standard InChI is InChI=1S/C40H32NOP/c1-3-4-6-13-28(2)43(42,32-16-7-5-8-17-32)33-24-20-31(21-25-33)38-36-26-22-29-14-9-11-18-34(29)39(36)41-40-35-19-12-10-15-30(35)23-27-37(38)40/h3-27,36,39H,2H2,1H3/b4-3-,13-6-. The average Bonchev–Trinajstić information content (AvgIpc) is 3.07. The molecule has 2 aliphatic rings. The topological polar surface area (TPSA) is 29.4 Å². The van der Waals surface area contributed by atoms with Gasteiger partial charge in [-0.05, 0) is 34.6 Å². The highest BCUT2D eigenvalue weighted by Gasteiger charge is 2.33. The molecule has 0 N–H and O–H groups in total. The van der Waals surface area contributed by atoms with E-state index in [4.69, 9.17) is 4.99 Å². The first kappa shape index (κ1) is 27.1. The van der Waals surface area contributed by atoms with Crippen LogP contribution in [0.5, 0.6) is 0 Å². The normalized spacial score (nSPS) is 18.6. The van der Waals surface area contributed by atoms with Gasteiger partial charge in [0.25, 0.3) is 0 Å². The van der Waals surface area contributed by atoms with Gasteiger partial charge < -0.3 is 4.57 Å². The third-order valence-corrected chi connectivity index (χ3v) is 11.6. The van der Waals surface area contributed by atoms with Gasteiger partial charge in [-0.15, -0.1) is 0 Å². The summed E-state index contributed by atoms with van der Waals surface area (Å²) in [5, 5.41) is 6.72. The van der Waals surface area contributed by atoms with Crippen LogP contribution >= 0.6 is 7.14 Å². The van der Waals surface area contributed by atoms with Crippen molar-refractivity contribution in [3.63, 3.8) is 0 Å². The fourth-order valence-corrected chi connectivity index (χ4v) is 8.89. The number of allylic oxidation sites excluding steroid dienone is 5. The third-order valence-electron chi connectivity index (χ3n) is 8.59. The zero-order valence-corrected chi connectivity index (χ0v) is 25.0. The van der Waals surface area contributed by atoms with Gasteiger partial charge in [0.1, 0.15) is 0 Å². The van der Waals surface area contributed by atoms with E-state index in [1.807, 2.05) is 73.7 Å². The Labute approximate surface area is 252 Å². The molecular formula is C40H32NOP. The quantitative estimate of drug-likeness (QED) is 0.149. The lowest BCUT2D eigenvalue weighted by molar-refractivity contribution is 0.591. The molecule has 3 atom stereocenters. The van der Waals surface area contributed by atoms with Gasteiger partial charge in [0.05, 0.1) is 11.4 Å². The van der Waals surface area contributed by atoms with Gasteiger partial charge in [-0.1, -0.05) is 158 Å². The van der Waals surface area contributed by atoms with Gasteiger partial charge >= 0.3 is 0 Å². The number of hydrogen-bond donors (Lipinski definition) is 0. The van der Waals surface area contributed by atoms with E-state index in [9.17, 15) is 4.57 Å². The van der Waals surface area contributed by atoms with Gasteiger partial charge in [-0.2, -0.15) is 0 Å². The molecule has 1 aliphatic carbocycles. The van der Waals surface area contributed by atoms with E-state index >= 15 is 0 Å². The Balaban J connectivity index is 1.42. The van der Waals surface area contributed by atoms with Crippen LogP contribution in [0.4, 0.5) is 0 Å². The molecule has 2 nitrogen and oxygen atoms in total. The molecule has 3 heteroatoms. The molecule has 1 aliphatic heterocycles. The molecule has 3 unspecified atom stereocenters. The molecule has 1 heterocycles. The summed E-state index contributed by atoms with van der Waals surface area (Å²) in [4.78, 5) is 5.43. The average molecular weight is 574 g/mol. The Morgan fingerprint density at radius 2 is 1.51 bits per heavy atom. The van der Waals surface area contributed by atoms with Crippen LogP contribution in [-0.2, 0) is 4.57 Å². The predicted molar refractivity (Wildman–Crippen MR) is 182 cm³/mol. The van der Waals surface area contributed by atoms with E-state index in [1.165, 1.54) is 22.1 Å². The van der Waals surface area contributed by atoms with Gasteiger partial charge in [0, 0.05) is 32.4 Å². The van der Waals surface area contributed by atoms with Crippen molar-refractivity contribution in [3.8, 4) is 0 Å². The summed E-state index contributed by atoms with van der Waals surface area (Å²) in [7, 11) is -3.14. The molecule has 0 bridgehead atoms. The largest absolute Gasteiger partial charge is 0.309 e. The first-order valence-corrected chi connectivity index (χ1v) is 16.4. The summed E-state index contributed by atoms with van der Waals surface area (Å²) in [5.74, 6) is 0.0917. The second kappa shape index (κ2) is 11.1. The first-order valence-electron chi connectivity index (χ1n) is 14.7. The highest BCUT2D eigenvalue weighted by molar-refractivity contribution is 7.82. The van der Waals surface area contributed by atoms with Crippen molar-refractivity contribution in [3.05, 3.63) is 185 Å². The minimum Gasteiger partial charge on any atom is -0.309 e. The van der Waals surface area contributed by atoms with E-state index in [0.29, 0.717) is 5.31 Å². The smallest absolute Gasteiger partial charge is 0.170 e. The van der Waals surface area contributed by atoms with Gasteiger partial charge in [-0.25, -0.2) is 0 Å². The maximum Gasteiger partial charge on any atom is 0.170 e. The van der Waals surface area contributed by atoms with Gasteiger partial charge in [-0.3, -0.25) is 4.99 Å². The Kier molecular flexibility index (Phi) is 7.01. The van der Waals surface area contributed by atoms with Crippen molar-refractivity contribution in [2.45, 2.75) is 13.0 Å². The third kappa shape index (κ3) is 4.60. The molecule has 0 radical (unpaired) electrons. The summed E-state index contributed by atoms with van der Waals surface area (Å²) >= 11 is 0. The zero-order valence-electron chi connectivity index (χ0n) is 24.1. The molecule has 43 heavy (non-hydrogen) atoms. The van der Waals surface area contributed by atoms with E-state index in [0.717, 1.165) is 32.1 Å². The Hall–Kier alpha value is -4.78. The van der Waals surface area contributed by atoms with Crippen LogP contribution in [0.1, 0.15) is 29.7 Å². The monoisotopic (exact) mass is 573 g/mol. The fraction of sp³-hybridized carbons (Fsp3) is 0.0750. The van der Waals surface area contributed by atoms with Crippen LogP contribution in [0.15, 0.2) is 163 Å². The Bertz CT molecular complexity index is 2140. The van der Waals surface area contributed by atoms with Gasteiger partial charge in [0.15, 0.2) is 7.14 Å². The number of fused-ring (bicyclic) bond motifs is 6. The van der Waals surface area contributed by atoms with Crippen LogP contribution in [0, 0.1) is 5.92 Å². The zero-order chi connectivity index (χ0) is 29.4. The SMILES string of the molecule is C=C(/C=C\C=C/C)P(=O)(c1ccccc1)c1ccc(C2=c3ccc4ccccc4c3=NC3c4ccccc4C=CC23)cc1. The molecule has 5 aromatic carbocycles. The molecule has 0 aromatic heterocycles. The molecule has 0 saturated carbocycles. The van der Waals surface area contributed by atoms with Crippen molar-refractivity contribution in [2.24, 2.45) is 10.9 Å². The summed E-state index contributed by atoms with van der Waals surface area (Å²) in [5.41, 5.74) is 4.84. The summed E-state index contributed by atoms with van der Waals surface area (Å²) in [6.07, 6.45) is 12.2. The Morgan fingerprint density at radius 1 is 0.791 bits per heavy atom. The highest BCUT2D eigenvalue weighted by atomic mass is 31.2. The number of rotatable bonds is 6. The van der Waals surface area contributed by atoms with E-state index in [1.54, 1.807) is 0 Å². The molecule has 7 rings (SSSR count). The van der Waals surface area contributed by atoms with Crippen LogP contribution in [0.2, 0.25) is 0 Å². The van der Waals surface area contributed by atoms with Crippen LogP contribution in [0.3, 0.4) is 0 Å². The van der Waals surface area contributed by atoms with Crippen molar-refractivity contribution in [1.29, 1.82) is 0 Å². The van der Waals surface area contributed by atoms with Gasteiger partial charge in [0.2, 0.25) is 0 Å². The minimum atomic E-state index is -3.14. The summed E-state index contributed by atoms with van der Waals surface area (Å²) in [6, 6.07) is 39.5. The second-order valence-corrected chi connectivity index (χ2v) is 13.9. The van der Waals surface area contributed by atoms with E-state index in [-0.39, 0.29) is 12.0 Å². The lowest BCUT2D eigenvalue weighted by Crippen LogP contribution is -2.37. The van der Waals surface area contributed by atoms with Crippen molar-refractivity contribution in [2.75, 3.05) is 0 Å². The summed E-state index contributed by atoms with van der Waals surface area (Å²) in [6.45, 7) is 6.25. The van der Waals surface area contributed by atoms with E-state index in [2.05, 4.69) is 91.5 Å². The minimum absolute atomic E-state index is 0.0128. The van der Waals surface area contributed by atoms with Crippen molar-refractivity contribution < 1.29 is 4.57 Å². The maximum absolute atomic E-state index is 14.9. The molecule has 0 fully saturated rings. The molecule has 208 valence electrons. The molecule has 0 spiro atoms. The lowest BCUT2D eigenvalue weighted by Gasteiger charge is -2.32. The number of hydrogen-bond acceptors (Lipinski definition) is 2. The van der Waals surface area contributed by atoms with Crippen LogP contribution in [0.25, 0.3) is 22.4 Å². The first-order chi connectivity index (χ1) is 21.1. The van der Waals surface area contributed by atoms with Crippen LogP contribution < -0.4 is 21.2 Å². The highest BCUT2D eigenvalue weighted by Crippen LogP contribution is 2.52. The summed E-state index contributed by atoms with van der Waals surface area (Å²) < 4.78 is 14.9. The molecular weight excluding hydrogens is 541 g/mol. The van der Waals surface area contributed by atoms with Crippen molar-refractivity contribution in [1.82, 2.24) is 0 Å². The van der Waals surface area contributed by atoms with E-state index < -0.39 is 7.14 Å². The molecule has 0 saturated heterocycles. The van der Waals surface area contributed by atoms with Crippen molar-refractivity contribution >= 4 is 40.2 Å². The number of benzene rings is 5. The van der Waals surface area contributed by atoms with Crippen LogP contribution in [-0.4, -0.2) is 0 Å². The maximum atomic E-state index is 14.9. The Morgan fingerprint density at radius 3 is 2.33 bits per heavy atom. The number of nitrogens with zero attached hydrogens (tertiary/aromatic N) is 1. The second-order valence-electron chi connectivity index (χ2n) is 11.1. The fourth-order valence-electron chi connectivity index (χ4n) is 6.47. The molecule has 0 amide bonds. The predicted octanol–water partition coefficient (Wildman–Crippen LogP) is 8.02.